The summed E-state index contributed by atoms with van der Waals surface area (Å²) < 4.78 is 59.4. The number of Topliss-reactive ketones (excluding diaryl/α,β-unsaturated/α-hetero) is 1. The molecule has 0 amide bonds. The first-order valence-corrected chi connectivity index (χ1v) is 3.32. The highest BCUT2D eigenvalue weighted by atomic mass is 19.4. The molecular formula is C6H8F5NO. The van der Waals surface area contributed by atoms with Crippen molar-refractivity contribution in [3.8, 4) is 0 Å². The molecule has 1 unspecified atom stereocenters. The zero-order valence-corrected chi connectivity index (χ0v) is 6.66. The van der Waals surface area contributed by atoms with E-state index in [1.807, 2.05) is 0 Å². The van der Waals surface area contributed by atoms with Crippen LogP contribution in [-0.2, 0) is 4.79 Å². The van der Waals surface area contributed by atoms with Gasteiger partial charge in [-0.05, 0) is 6.92 Å². The average Bonchev–Trinajstić information content (AvgIpc) is 1.80. The summed E-state index contributed by atoms with van der Waals surface area (Å²) in [6.07, 6.45) is -6.82. The molecule has 0 bridgehead atoms. The molecular weight excluding hydrogens is 197 g/mol. The maximum atomic E-state index is 12.4. The topological polar surface area (TPSA) is 43.1 Å². The van der Waals surface area contributed by atoms with E-state index in [-0.39, 0.29) is 0 Å². The third kappa shape index (κ3) is 3.67. The molecule has 0 aromatic heterocycles. The van der Waals surface area contributed by atoms with Crippen LogP contribution in [-0.4, -0.2) is 23.9 Å². The second kappa shape index (κ2) is 3.57. The van der Waals surface area contributed by atoms with Gasteiger partial charge in [0.2, 0.25) is 0 Å². The van der Waals surface area contributed by atoms with Crippen molar-refractivity contribution in [3.63, 3.8) is 0 Å². The quantitative estimate of drug-likeness (QED) is 0.709. The van der Waals surface area contributed by atoms with Crippen molar-refractivity contribution in [3.05, 3.63) is 0 Å². The summed E-state index contributed by atoms with van der Waals surface area (Å²) in [5.74, 6) is -7.47. The SMILES string of the molecule is CC(N)CC(F)(F)C(=O)C(F)(F)F. The maximum absolute atomic E-state index is 12.4. The molecule has 13 heavy (non-hydrogen) atoms. The predicted octanol–water partition coefficient (Wildman–Crippen LogP) is 1.49. The van der Waals surface area contributed by atoms with E-state index >= 15 is 0 Å². The summed E-state index contributed by atoms with van der Waals surface area (Å²) in [5, 5.41) is 0. The van der Waals surface area contributed by atoms with Crippen LogP contribution in [0.1, 0.15) is 13.3 Å². The predicted molar refractivity (Wildman–Crippen MR) is 34.3 cm³/mol. The van der Waals surface area contributed by atoms with Gasteiger partial charge in [0.1, 0.15) is 0 Å². The van der Waals surface area contributed by atoms with Crippen molar-refractivity contribution in [2.45, 2.75) is 31.5 Å². The molecule has 0 aliphatic heterocycles. The summed E-state index contributed by atoms with van der Waals surface area (Å²) in [6.45, 7) is 1.09. The number of carbonyl (C=O) groups is 1. The molecule has 78 valence electrons. The van der Waals surface area contributed by atoms with E-state index in [1.54, 1.807) is 0 Å². The smallest absolute Gasteiger partial charge is 0.328 e. The van der Waals surface area contributed by atoms with E-state index in [2.05, 4.69) is 0 Å². The second-order valence-corrected chi connectivity index (χ2v) is 2.71. The van der Waals surface area contributed by atoms with E-state index in [1.165, 1.54) is 0 Å². The minimum absolute atomic E-state index is 1.09. The van der Waals surface area contributed by atoms with Crippen molar-refractivity contribution < 1.29 is 26.7 Å². The minimum Gasteiger partial charge on any atom is -0.328 e. The molecule has 0 saturated carbocycles. The molecule has 7 heteroatoms. The fourth-order valence-electron chi connectivity index (χ4n) is 0.704. The fraction of sp³-hybridized carbons (Fsp3) is 0.833. The number of nitrogens with two attached hydrogens (primary N) is 1. The molecule has 2 N–H and O–H groups in total. The first-order valence-electron chi connectivity index (χ1n) is 3.32. The Kier molecular flexibility index (Phi) is 3.37. The fourth-order valence-corrected chi connectivity index (χ4v) is 0.704. The Labute approximate surface area is 70.9 Å². The molecule has 0 aromatic rings. The lowest BCUT2D eigenvalue weighted by molar-refractivity contribution is -0.196. The Balaban J connectivity index is 4.55. The monoisotopic (exact) mass is 205 g/mol. The summed E-state index contributed by atoms with van der Waals surface area (Å²) >= 11 is 0. The van der Waals surface area contributed by atoms with Crippen LogP contribution in [0.3, 0.4) is 0 Å². The molecule has 0 aromatic carbocycles. The Hall–Kier alpha value is -0.720. The number of halogens is 5. The Morgan fingerprint density at radius 3 is 1.92 bits per heavy atom. The zero-order chi connectivity index (χ0) is 10.9. The van der Waals surface area contributed by atoms with Crippen LogP contribution in [0, 0.1) is 0 Å². The molecule has 0 spiro atoms. The van der Waals surface area contributed by atoms with Crippen molar-refractivity contribution >= 4 is 5.78 Å². The minimum atomic E-state index is -5.52. The van der Waals surface area contributed by atoms with Crippen LogP contribution in [0.25, 0.3) is 0 Å². The highest BCUT2D eigenvalue weighted by molar-refractivity contribution is 5.90. The number of alkyl halides is 5. The van der Waals surface area contributed by atoms with Gasteiger partial charge in [-0.25, -0.2) is 0 Å². The van der Waals surface area contributed by atoms with Crippen LogP contribution in [0.15, 0.2) is 0 Å². The normalized spacial score (nSPS) is 15.6. The highest BCUT2D eigenvalue weighted by Crippen LogP contribution is 2.30. The lowest BCUT2D eigenvalue weighted by Crippen LogP contribution is -2.43. The number of hydrogen-bond acceptors (Lipinski definition) is 2. The number of hydrogen-bond donors (Lipinski definition) is 1. The lowest BCUT2D eigenvalue weighted by atomic mass is 10.1. The van der Waals surface area contributed by atoms with Gasteiger partial charge in [-0.15, -0.1) is 0 Å². The van der Waals surface area contributed by atoms with Crippen molar-refractivity contribution in [1.29, 1.82) is 0 Å². The average molecular weight is 205 g/mol. The summed E-state index contributed by atoms with van der Waals surface area (Å²) in [4.78, 5) is 10.1. The summed E-state index contributed by atoms with van der Waals surface area (Å²) in [6, 6.07) is -1.17. The van der Waals surface area contributed by atoms with Gasteiger partial charge >= 0.3 is 17.9 Å². The van der Waals surface area contributed by atoms with Gasteiger partial charge in [-0.3, -0.25) is 4.79 Å². The standard InChI is InChI=1S/C6H8F5NO/c1-3(12)2-5(7,8)4(13)6(9,10)11/h3H,2,12H2,1H3. The van der Waals surface area contributed by atoms with Crippen molar-refractivity contribution in [1.82, 2.24) is 0 Å². The molecule has 1 atom stereocenters. The van der Waals surface area contributed by atoms with Crippen molar-refractivity contribution in [2.75, 3.05) is 0 Å². The summed E-state index contributed by atoms with van der Waals surface area (Å²) in [5.41, 5.74) is 4.86. The van der Waals surface area contributed by atoms with Crippen LogP contribution < -0.4 is 5.73 Å². The summed E-state index contributed by atoms with van der Waals surface area (Å²) in [7, 11) is 0. The van der Waals surface area contributed by atoms with Gasteiger partial charge in [0.25, 0.3) is 0 Å². The van der Waals surface area contributed by atoms with Crippen LogP contribution in [0.2, 0.25) is 0 Å². The number of carbonyl (C=O) groups excluding carboxylic acids is 1. The van der Waals surface area contributed by atoms with E-state index in [0.29, 0.717) is 0 Å². The lowest BCUT2D eigenvalue weighted by Gasteiger charge is -2.17. The van der Waals surface area contributed by atoms with E-state index < -0.39 is 30.3 Å². The first-order chi connectivity index (χ1) is 5.57. The first kappa shape index (κ1) is 12.3. The molecule has 2 nitrogen and oxygen atoms in total. The van der Waals surface area contributed by atoms with Gasteiger partial charge in [-0.1, -0.05) is 0 Å². The number of ketones is 1. The van der Waals surface area contributed by atoms with Gasteiger partial charge < -0.3 is 5.73 Å². The Morgan fingerprint density at radius 1 is 1.31 bits per heavy atom. The van der Waals surface area contributed by atoms with Crippen LogP contribution in [0.4, 0.5) is 22.0 Å². The highest BCUT2D eigenvalue weighted by Gasteiger charge is 2.54. The Bertz CT molecular complexity index is 198. The van der Waals surface area contributed by atoms with Gasteiger partial charge in [-0.2, -0.15) is 22.0 Å². The van der Waals surface area contributed by atoms with Gasteiger partial charge in [0.05, 0.1) is 0 Å². The molecule has 0 fully saturated rings. The molecule has 0 heterocycles. The Morgan fingerprint density at radius 2 is 1.69 bits per heavy atom. The third-order valence-electron chi connectivity index (χ3n) is 1.17. The van der Waals surface area contributed by atoms with Gasteiger partial charge in [0.15, 0.2) is 0 Å². The van der Waals surface area contributed by atoms with E-state index in [0.717, 1.165) is 6.92 Å². The van der Waals surface area contributed by atoms with Crippen LogP contribution in [0.5, 0.6) is 0 Å². The third-order valence-corrected chi connectivity index (χ3v) is 1.17. The zero-order valence-electron chi connectivity index (χ0n) is 6.66. The number of rotatable bonds is 3. The second-order valence-electron chi connectivity index (χ2n) is 2.71. The van der Waals surface area contributed by atoms with E-state index in [9.17, 15) is 26.7 Å². The largest absolute Gasteiger partial charge is 0.456 e. The molecule has 0 aliphatic carbocycles. The van der Waals surface area contributed by atoms with Gasteiger partial charge in [0, 0.05) is 12.5 Å². The van der Waals surface area contributed by atoms with Crippen molar-refractivity contribution in [2.24, 2.45) is 5.73 Å². The molecule has 0 rings (SSSR count). The maximum Gasteiger partial charge on any atom is 0.456 e. The van der Waals surface area contributed by atoms with E-state index in [4.69, 9.17) is 5.73 Å². The molecule has 0 aliphatic rings. The molecule has 0 saturated heterocycles. The van der Waals surface area contributed by atoms with Crippen LogP contribution >= 0.6 is 0 Å². The molecule has 0 radical (unpaired) electrons.